The van der Waals surface area contributed by atoms with Gasteiger partial charge in [0.25, 0.3) is 0 Å². The zero-order valence-electron chi connectivity index (χ0n) is 11.3. The minimum absolute atomic E-state index is 0.566. The van der Waals surface area contributed by atoms with E-state index in [2.05, 4.69) is 12.3 Å². The number of hydrazine groups is 1. The van der Waals surface area contributed by atoms with Crippen molar-refractivity contribution in [1.82, 2.24) is 5.43 Å². The predicted octanol–water partition coefficient (Wildman–Crippen LogP) is 3.22. The molecule has 0 amide bonds. The van der Waals surface area contributed by atoms with Crippen molar-refractivity contribution in [3.05, 3.63) is 0 Å². The average molecular weight is 236 g/mol. The topological polar surface area (TPSA) is 38.0 Å². The summed E-state index contributed by atoms with van der Waals surface area (Å²) in [5, 5.41) is 0. The summed E-state index contributed by atoms with van der Waals surface area (Å²) in [7, 11) is 0. The molecule has 0 aromatic carbocycles. The Morgan fingerprint density at radius 3 is 2.06 bits per heavy atom. The van der Waals surface area contributed by atoms with Gasteiger partial charge in [0.15, 0.2) is 0 Å². The van der Waals surface area contributed by atoms with Gasteiger partial charge in [0.1, 0.15) is 0 Å². The molecule has 0 spiro atoms. The van der Waals surface area contributed by atoms with Crippen LogP contribution in [0, 0.1) is 23.2 Å². The molecule has 0 radical (unpaired) electrons. The number of rotatable bonds is 5. The first-order chi connectivity index (χ1) is 8.23. The lowest BCUT2D eigenvalue weighted by atomic mass is 9.48. The Labute approximate surface area is 106 Å². The maximum Gasteiger partial charge on any atom is 0.0215 e. The monoisotopic (exact) mass is 236 g/mol. The van der Waals surface area contributed by atoms with Gasteiger partial charge >= 0.3 is 0 Å². The molecule has 2 nitrogen and oxygen atoms in total. The quantitative estimate of drug-likeness (QED) is 0.568. The van der Waals surface area contributed by atoms with E-state index >= 15 is 0 Å². The fourth-order valence-corrected chi connectivity index (χ4v) is 5.66. The Hall–Kier alpha value is -0.0800. The van der Waals surface area contributed by atoms with Crippen molar-refractivity contribution in [1.29, 1.82) is 0 Å². The van der Waals surface area contributed by atoms with E-state index in [1.165, 1.54) is 38.5 Å². The van der Waals surface area contributed by atoms with E-state index in [9.17, 15) is 0 Å². The van der Waals surface area contributed by atoms with Crippen LogP contribution < -0.4 is 11.3 Å². The molecule has 1 atom stereocenters. The van der Waals surface area contributed by atoms with E-state index in [0.29, 0.717) is 11.5 Å². The lowest BCUT2D eigenvalue weighted by Crippen LogP contribution is -2.49. The first-order valence-electron chi connectivity index (χ1n) is 7.69. The molecule has 4 bridgehead atoms. The van der Waals surface area contributed by atoms with Crippen LogP contribution in [-0.2, 0) is 0 Å². The highest BCUT2D eigenvalue weighted by molar-refractivity contribution is 5.02. The maximum absolute atomic E-state index is 5.74. The molecular formula is C15H28N2. The van der Waals surface area contributed by atoms with Gasteiger partial charge in [0.05, 0.1) is 0 Å². The Bertz CT molecular complexity index is 239. The zero-order valence-corrected chi connectivity index (χ0v) is 11.3. The van der Waals surface area contributed by atoms with Gasteiger partial charge in [-0.2, -0.15) is 0 Å². The molecule has 3 N–H and O–H groups in total. The molecule has 17 heavy (non-hydrogen) atoms. The third-order valence-corrected chi connectivity index (χ3v) is 5.72. The molecule has 0 saturated heterocycles. The van der Waals surface area contributed by atoms with Gasteiger partial charge in [0, 0.05) is 6.04 Å². The summed E-state index contributed by atoms with van der Waals surface area (Å²) >= 11 is 0. The Morgan fingerprint density at radius 1 is 1.12 bits per heavy atom. The van der Waals surface area contributed by atoms with E-state index in [4.69, 9.17) is 5.84 Å². The van der Waals surface area contributed by atoms with E-state index in [0.717, 1.165) is 17.8 Å². The van der Waals surface area contributed by atoms with Crippen molar-refractivity contribution in [2.75, 3.05) is 0 Å². The molecule has 1 unspecified atom stereocenters. The SMILES string of the molecule is CCCC(CC12CC3CC(CC(C3)C1)C2)NN. The van der Waals surface area contributed by atoms with Gasteiger partial charge in [-0.3, -0.25) is 11.3 Å². The number of nitrogens with two attached hydrogens (primary N) is 1. The van der Waals surface area contributed by atoms with Crippen molar-refractivity contribution in [2.45, 2.75) is 70.8 Å². The van der Waals surface area contributed by atoms with Gasteiger partial charge in [-0.1, -0.05) is 13.3 Å². The molecule has 4 aliphatic carbocycles. The van der Waals surface area contributed by atoms with Crippen LogP contribution in [0.5, 0.6) is 0 Å². The van der Waals surface area contributed by atoms with Gasteiger partial charge in [-0.25, -0.2) is 0 Å². The summed E-state index contributed by atoms with van der Waals surface area (Å²) in [4.78, 5) is 0. The number of hydrogen-bond acceptors (Lipinski definition) is 2. The van der Waals surface area contributed by atoms with Crippen LogP contribution in [0.15, 0.2) is 0 Å². The van der Waals surface area contributed by atoms with Crippen LogP contribution in [0.2, 0.25) is 0 Å². The minimum atomic E-state index is 0.566. The van der Waals surface area contributed by atoms with Gasteiger partial charge in [0.2, 0.25) is 0 Å². The van der Waals surface area contributed by atoms with Crippen molar-refractivity contribution in [3.63, 3.8) is 0 Å². The second-order valence-corrected chi connectivity index (χ2v) is 7.27. The number of hydrogen-bond donors (Lipinski definition) is 2. The van der Waals surface area contributed by atoms with Crippen LogP contribution in [0.4, 0.5) is 0 Å². The molecular weight excluding hydrogens is 208 g/mol. The highest BCUT2D eigenvalue weighted by atomic mass is 15.2. The largest absolute Gasteiger partial charge is 0.271 e. The highest BCUT2D eigenvalue weighted by Crippen LogP contribution is 2.61. The normalized spacial score (nSPS) is 45.2. The second-order valence-electron chi connectivity index (χ2n) is 7.27. The third-order valence-electron chi connectivity index (χ3n) is 5.72. The molecule has 0 aromatic rings. The Morgan fingerprint density at radius 2 is 1.65 bits per heavy atom. The van der Waals surface area contributed by atoms with Crippen molar-refractivity contribution >= 4 is 0 Å². The minimum Gasteiger partial charge on any atom is -0.271 e. The van der Waals surface area contributed by atoms with E-state index < -0.39 is 0 Å². The predicted molar refractivity (Wildman–Crippen MR) is 71.2 cm³/mol. The third kappa shape index (κ3) is 2.26. The maximum atomic E-state index is 5.74. The Balaban J connectivity index is 1.69. The lowest BCUT2D eigenvalue weighted by molar-refractivity contribution is -0.0624. The first-order valence-corrected chi connectivity index (χ1v) is 7.69. The molecule has 0 aromatic heterocycles. The Kier molecular flexibility index (Phi) is 3.20. The highest BCUT2D eigenvalue weighted by Gasteiger charge is 2.51. The van der Waals surface area contributed by atoms with Gasteiger partial charge in [-0.05, 0) is 74.5 Å². The fourth-order valence-electron chi connectivity index (χ4n) is 5.66. The van der Waals surface area contributed by atoms with Gasteiger partial charge < -0.3 is 0 Å². The fraction of sp³-hybridized carbons (Fsp3) is 1.00. The van der Waals surface area contributed by atoms with Gasteiger partial charge in [-0.15, -0.1) is 0 Å². The smallest absolute Gasteiger partial charge is 0.0215 e. The summed E-state index contributed by atoms with van der Waals surface area (Å²) < 4.78 is 0. The van der Waals surface area contributed by atoms with Crippen LogP contribution in [0.1, 0.15) is 64.7 Å². The summed E-state index contributed by atoms with van der Waals surface area (Å²) in [5.74, 6) is 8.95. The van der Waals surface area contributed by atoms with Crippen LogP contribution in [-0.4, -0.2) is 6.04 Å². The number of nitrogens with one attached hydrogen (secondary N) is 1. The molecule has 0 aliphatic heterocycles. The van der Waals surface area contributed by atoms with E-state index in [1.807, 2.05) is 0 Å². The second kappa shape index (κ2) is 4.55. The average Bonchev–Trinajstić information content (AvgIpc) is 2.26. The standard InChI is InChI=1S/C15H28N2/c1-2-3-14(17-16)10-15-7-11-4-12(8-15)6-13(5-11)9-15/h11-14,17H,2-10,16H2,1H3. The van der Waals surface area contributed by atoms with Crippen molar-refractivity contribution < 1.29 is 0 Å². The van der Waals surface area contributed by atoms with E-state index in [1.54, 1.807) is 19.3 Å². The van der Waals surface area contributed by atoms with Crippen LogP contribution in [0.3, 0.4) is 0 Å². The summed E-state index contributed by atoms with van der Waals surface area (Å²) in [6, 6.07) is 0.566. The van der Waals surface area contributed by atoms with Crippen LogP contribution >= 0.6 is 0 Å². The molecule has 4 rings (SSSR count). The molecule has 4 fully saturated rings. The summed E-state index contributed by atoms with van der Waals surface area (Å²) in [5.41, 5.74) is 3.76. The van der Waals surface area contributed by atoms with Crippen molar-refractivity contribution in [2.24, 2.45) is 29.0 Å². The lowest BCUT2D eigenvalue weighted by Gasteiger charge is -2.57. The molecule has 0 heterocycles. The molecule has 4 aliphatic rings. The zero-order chi connectivity index (χ0) is 11.9. The first kappa shape index (κ1) is 12.0. The molecule has 2 heteroatoms. The van der Waals surface area contributed by atoms with Crippen molar-refractivity contribution in [3.8, 4) is 0 Å². The van der Waals surface area contributed by atoms with Crippen LogP contribution in [0.25, 0.3) is 0 Å². The summed E-state index contributed by atoms with van der Waals surface area (Å²) in [6.07, 6.45) is 13.0. The molecule has 98 valence electrons. The summed E-state index contributed by atoms with van der Waals surface area (Å²) in [6.45, 7) is 2.27. The molecule has 4 saturated carbocycles. The van der Waals surface area contributed by atoms with E-state index in [-0.39, 0.29) is 0 Å².